The van der Waals surface area contributed by atoms with Crippen molar-refractivity contribution in [3.8, 4) is 0 Å². The van der Waals surface area contributed by atoms with E-state index in [-0.39, 0.29) is 24.6 Å². The Balaban J connectivity index is 0.00000196. The van der Waals surface area contributed by atoms with Gasteiger partial charge in [-0.15, -0.1) is 12.4 Å². The van der Waals surface area contributed by atoms with Crippen LogP contribution < -0.4 is 0 Å². The van der Waals surface area contributed by atoms with Gasteiger partial charge in [-0.25, -0.2) is 0 Å². The predicted octanol–water partition coefficient (Wildman–Crippen LogP) is 4.46. The molecule has 4 rings (SSSR count). The summed E-state index contributed by atoms with van der Waals surface area (Å²) >= 11 is 0. The molecule has 0 aromatic heterocycles. The van der Waals surface area contributed by atoms with Crippen LogP contribution in [0.3, 0.4) is 0 Å². The number of rotatable bonds is 5. The van der Waals surface area contributed by atoms with Crippen molar-refractivity contribution in [1.82, 2.24) is 4.90 Å². The van der Waals surface area contributed by atoms with Crippen molar-refractivity contribution in [2.45, 2.75) is 49.7 Å². The molecule has 0 radical (unpaired) electrons. The second kappa shape index (κ2) is 8.53. The van der Waals surface area contributed by atoms with Gasteiger partial charge in [0.25, 0.3) is 0 Å². The van der Waals surface area contributed by atoms with E-state index in [1.165, 1.54) is 11.1 Å². The molecule has 0 saturated carbocycles. The van der Waals surface area contributed by atoms with Gasteiger partial charge in [-0.2, -0.15) is 0 Å². The first-order valence-electron chi connectivity index (χ1n) is 9.26. The maximum Gasteiger partial charge on any atom is 0.108 e. The van der Waals surface area contributed by atoms with E-state index in [0.29, 0.717) is 18.2 Å². The molecule has 0 amide bonds. The second-order valence-electron chi connectivity index (χ2n) is 7.33. The lowest BCUT2D eigenvalue weighted by atomic mass is 9.97. The Morgan fingerprint density at radius 2 is 1.46 bits per heavy atom. The van der Waals surface area contributed by atoms with Gasteiger partial charge in [-0.05, 0) is 37.4 Å². The zero-order valence-electron chi connectivity index (χ0n) is 15.5. The lowest BCUT2D eigenvalue weighted by molar-refractivity contribution is -0.0523. The summed E-state index contributed by atoms with van der Waals surface area (Å²) in [6.45, 7) is 0. The van der Waals surface area contributed by atoms with Crippen LogP contribution in [0.2, 0.25) is 0 Å². The van der Waals surface area contributed by atoms with Crippen LogP contribution in [0.5, 0.6) is 0 Å². The van der Waals surface area contributed by atoms with E-state index in [0.717, 1.165) is 19.3 Å². The third-order valence-electron chi connectivity index (χ3n) is 5.91. The van der Waals surface area contributed by atoms with Crippen LogP contribution in [-0.2, 0) is 9.47 Å². The zero-order chi connectivity index (χ0) is 17.2. The van der Waals surface area contributed by atoms with Crippen LogP contribution in [-0.4, -0.2) is 43.3 Å². The van der Waals surface area contributed by atoms with E-state index in [1.54, 1.807) is 0 Å². The standard InChI is InChI=1S/C22H27NO2.ClH/c1-23-18-13-19(15-20(23)21(14-18)24-2)25-22(16-9-5-3-6-10-16)17-11-7-4-8-12-17;/h3-12,18-22H,13-15H2,1-2H3;1H/t18?,19-,20?,21+;/m0./s1. The molecule has 26 heavy (non-hydrogen) atoms. The molecule has 3 nitrogen and oxygen atoms in total. The molecule has 2 heterocycles. The van der Waals surface area contributed by atoms with Gasteiger partial charge < -0.3 is 9.47 Å². The van der Waals surface area contributed by atoms with Gasteiger partial charge in [0.15, 0.2) is 0 Å². The van der Waals surface area contributed by atoms with Gasteiger partial charge in [0, 0.05) is 19.2 Å². The molecule has 4 heteroatoms. The highest BCUT2D eigenvalue weighted by Crippen LogP contribution is 2.39. The molecule has 0 N–H and O–H groups in total. The topological polar surface area (TPSA) is 21.7 Å². The summed E-state index contributed by atoms with van der Waals surface area (Å²) in [6, 6.07) is 22.2. The molecule has 0 aliphatic carbocycles. The van der Waals surface area contributed by atoms with Gasteiger partial charge in [0.1, 0.15) is 6.10 Å². The Morgan fingerprint density at radius 3 is 2.00 bits per heavy atom. The molecule has 2 aliphatic rings. The van der Waals surface area contributed by atoms with E-state index in [9.17, 15) is 0 Å². The SMILES string of the molecule is CO[C@@H]1CC2C[C@H](OC(c3ccccc3)c3ccccc3)CC1N2C.Cl. The maximum atomic E-state index is 6.70. The first-order chi connectivity index (χ1) is 12.3. The zero-order valence-corrected chi connectivity index (χ0v) is 16.3. The van der Waals surface area contributed by atoms with Gasteiger partial charge in [-0.3, -0.25) is 4.90 Å². The minimum absolute atomic E-state index is 0. The number of likely N-dealkylation sites (N-methyl/N-ethyl adjacent to an activating group) is 1. The predicted molar refractivity (Wildman–Crippen MR) is 107 cm³/mol. The molecule has 2 unspecified atom stereocenters. The smallest absolute Gasteiger partial charge is 0.108 e. The Hall–Kier alpha value is -1.39. The molecule has 2 fully saturated rings. The van der Waals surface area contributed by atoms with Crippen LogP contribution in [0.4, 0.5) is 0 Å². The monoisotopic (exact) mass is 373 g/mol. The number of nitrogens with zero attached hydrogens (tertiary/aromatic N) is 1. The van der Waals surface area contributed by atoms with Crippen molar-refractivity contribution in [3.63, 3.8) is 0 Å². The van der Waals surface area contributed by atoms with Crippen LogP contribution in [0.15, 0.2) is 60.7 Å². The average Bonchev–Trinajstić information content (AvgIpc) is 2.85. The Labute approximate surface area is 162 Å². The van der Waals surface area contributed by atoms with Crippen LogP contribution >= 0.6 is 12.4 Å². The number of hydrogen-bond donors (Lipinski definition) is 0. The number of hydrogen-bond acceptors (Lipinski definition) is 3. The largest absolute Gasteiger partial charge is 0.380 e. The summed E-state index contributed by atoms with van der Waals surface area (Å²) in [6.07, 6.45) is 3.87. The summed E-state index contributed by atoms with van der Waals surface area (Å²) in [5.74, 6) is 0. The molecule has 0 spiro atoms. The molecule has 4 atom stereocenters. The number of halogens is 1. The fraction of sp³-hybridized carbons (Fsp3) is 0.455. The molecule has 2 aliphatic heterocycles. The minimum Gasteiger partial charge on any atom is -0.380 e. The van der Waals surface area contributed by atoms with Crippen LogP contribution in [0, 0.1) is 0 Å². The minimum atomic E-state index is -0.00352. The van der Waals surface area contributed by atoms with Crippen LogP contribution in [0.1, 0.15) is 36.5 Å². The lowest BCUT2D eigenvalue weighted by Gasteiger charge is -2.38. The third kappa shape index (κ3) is 3.81. The Kier molecular flexibility index (Phi) is 6.36. The fourth-order valence-electron chi connectivity index (χ4n) is 4.54. The van der Waals surface area contributed by atoms with Gasteiger partial charge >= 0.3 is 0 Å². The van der Waals surface area contributed by atoms with Gasteiger partial charge in [0.2, 0.25) is 0 Å². The average molecular weight is 374 g/mol. The maximum absolute atomic E-state index is 6.70. The highest BCUT2D eigenvalue weighted by atomic mass is 35.5. The summed E-state index contributed by atoms with van der Waals surface area (Å²) < 4.78 is 12.4. The first-order valence-corrected chi connectivity index (χ1v) is 9.26. The molecular formula is C22H28ClNO2. The van der Waals surface area contributed by atoms with E-state index in [2.05, 4.69) is 72.6 Å². The Bertz CT molecular complexity index is 642. The van der Waals surface area contributed by atoms with Crippen molar-refractivity contribution in [1.29, 1.82) is 0 Å². The summed E-state index contributed by atoms with van der Waals surface area (Å²) in [4.78, 5) is 2.49. The summed E-state index contributed by atoms with van der Waals surface area (Å²) in [5, 5.41) is 0. The number of benzene rings is 2. The molecule has 2 aromatic carbocycles. The molecule has 140 valence electrons. The first kappa shape index (κ1) is 19.4. The van der Waals surface area contributed by atoms with Crippen molar-refractivity contribution in [2.75, 3.05) is 14.2 Å². The highest BCUT2D eigenvalue weighted by Gasteiger charge is 2.46. The van der Waals surface area contributed by atoms with Crippen LogP contribution in [0.25, 0.3) is 0 Å². The normalized spacial score (nSPS) is 28.1. The lowest BCUT2D eigenvalue weighted by Crippen LogP contribution is -2.45. The number of fused-ring (bicyclic) bond motifs is 2. The van der Waals surface area contributed by atoms with Crippen molar-refractivity contribution >= 4 is 12.4 Å². The number of methoxy groups -OCH3 is 1. The van der Waals surface area contributed by atoms with E-state index in [4.69, 9.17) is 9.47 Å². The van der Waals surface area contributed by atoms with Crippen molar-refractivity contribution in [2.24, 2.45) is 0 Å². The molecule has 2 saturated heterocycles. The van der Waals surface area contributed by atoms with E-state index >= 15 is 0 Å². The number of ether oxygens (including phenoxy) is 2. The highest BCUT2D eigenvalue weighted by molar-refractivity contribution is 5.85. The van der Waals surface area contributed by atoms with Crippen molar-refractivity contribution in [3.05, 3.63) is 71.8 Å². The summed E-state index contributed by atoms with van der Waals surface area (Å²) in [5.41, 5.74) is 2.45. The third-order valence-corrected chi connectivity index (χ3v) is 5.91. The fourth-order valence-corrected chi connectivity index (χ4v) is 4.54. The van der Waals surface area contributed by atoms with Crippen molar-refractivity contribution < 1.29 is 9.47 Å². The van der Waals surface area contributed by atoms with E-state index < -0.39 is 0 Å². The second-order valence-corrected chi connectivity index (χ2v) is 7.33. The van der Waals surface area contributed by atoms with E-state index in [1.807, 2.05) is 7.11 Å². The summed E-state index contributed by atoms with van der Waals surface area (Å²) in [7, 11) is 4.07. The molecule has 2 aromatic rings. The molecule has 2 bridgehead atoms. The quantitative estimate of drug-likeness (QED) is 0.772. The van der Waals surface area contributed by atoms with Gasteiger partial charge in [-0.1, -0.05) is 60.7 Å². The van der Waals surface area contributed by atoms with Gasteiger partial charge in [0.05, 0.1) is 12.2 Å². The molecular weight excluding hydrogens is 346 g/mol. The number of piperidine rings is 1. The Morgan fingerprint density at radius 1 is 0.885 bits per heavy atom.